The third kappa shape index (κ3) is 5.31. The van der Waals surface area contributed by atoms with E-state index in [0.29, 0.717) is 0 Å². The fraction of sp³-hybridized carbons (Fsp3) is 0.467. The number of esters is 1. The number of rotatable bonds is 6. The Morgan fingerprint density at radius 2 is 1.72 bits per heavy atom. The Kier molecular flexibility index (Phi) is 6.74. The smallest absolute Gasteiger partial charge is 0.448 e. The van der Waals surface area contributed by atoms with Crippen molar-refractivity contribution in [3.05, 3.63) is 30.1 Å². The number of anilines is 1. The number of benzene rings is 1. The van der Waals surface area contributed by atoms with Crippen LogP contribution >= 0.6 is 0 Å². The molecular formula is C15H18F4N2O4. The topological polar surface area (TPSA) is 76.7 Å². The second-order valence-electron chi connectivity index (χ2n) is 5.15. The Morgan fingerprint density at radius 3 is 2.16 bits per heavy atom. The molecule has 0 saturated carbocycles. The van der Waals surface area contributed by atoms with E-state index in [2.05, 4.69) is 10.1 Å². The number of carbonyl (C=O) groups excluding carboxylic acids is 2. The van der Waals surface area contributed by atoms with Gasteiger partial charge in [0.25, 0.3) is 0 Å². The highest BCUT2D eigenvalue weighted by Crippen LogP contribution is 2.34. The van der Waals surface area contributed by atoms with Gasteiger partial charge in [-0.2, -0.15) is 13.2 Å². The van der Waals surface area contributed by atoms with Crippen molar-refractivity contribution in [3.63, 3.8) is 0 Å². The zero-order valence-corrected chi connectivity index (χ0v) is 13.7. The molecule has 0 aliphatic rings. The monoisotopic (exact) mass is 366 g/mol. The molecule has 25 heavy (non-hydrogen) atoms. The van der Waals surface area contributed by atoms with Crippen LogP contribution in [0.2, 0.25) is 0 Å². The normalized spacial score (nSPS) is 13.9. The average molecular weight is 366 g/mol. The number of halogens is 4. The van der Waals surface area contributed by atoms with Crippen molar-refractivity contribution in [2.75, 3.05) is 11.9 Å². The van der Waals surface area contributed by atoms with Crippen LogP contribution in [0.25, 0.3) is 0 Å². The molecular weight excluding hydrogens is 348 g/mol. The van der Waals surface area contributed by atoms with Gasteiger partial charge in [-0.3, -0.25) is 5.32 Å². The van der Waals surface area contributed by atoms with Gasteiger partial charge in [0, 0.05) is 5.69 Å². The third-order valence-electron chi connectivity index (χ3n) is 2.77. The maximum Gasteiger partial charge on any atom is 0.448 e. The molecule has 2 N–H and O–H groups in total. The molecule has 0 unspecified atom stereocenters. The summed E-state index contributed by atoms with van der Waals surface area (Å²) in [6, 6.07) is 2.90. The van der Waals surface area contributed by atoms with Crippen LogP contribution in [-0.4, -0.2) is 36.6 Å². The van der Waals surface area contributed by atoms with E-state index < -0.39 is 35.8 Å². The minimum atomic E-state index is -5.29. The lowest BCUT2D eigenvalue weighted by atomic mass is 10.2. The molecule has 1 atom stereocenters. The van der Waals surface area contributed by atoms with Crippen LogP contribution in [0.4, 0.5) is 28.0 Å². The number of ether oxygens (including phenoxy) is 2. The maximum atomic E-state index is 13.5. The van der Waals surface area contributed by atoms with Crippen LogP contribution in [0.1, 0.15) is 20.8 Å². The zero-order chi connectivity index (χ0) is 19.3. The van der Waals surface area contributed by atoms with Crippen LogP contribution in [0.5, 0.6) is 0 Å². The summed E-state index contributed by atoms with van der Waals surface area (Å²) in [5, 5.41) is 3.55. The lowest BCUT2D eigenvalue weighted by Gasteiger charge is -2.34. The SMILES string of the molecule is CCOC(=O)[C@@](NC(=O)Nc1ccc(F)cc1)(OC(C)C)C(F)(F)F. The molecule has 1 aromatic carbocycles. The number of urea groups is 1. The van der Waals surface area contributed by atoms with Gasteiger partial charge in [0.15, 0.2) is 0 Å². The van der Waals surface area contributed by atoms with Crippen LogP contribution in [0.3, 0.4) is 0 Å². The lowest BCUT2D eigenvalue weighted by molar-refractivity contribution is -0.292. The van der Waals surface area contributed by atoms with Crippen LogP contribution in [-0.2, 0) is 14.3 Å². The molecule has 0 bridgehead atoms. The summed E-state index contributed by atoms with van der Waals surface area (Å²) < 4.78 is 62.6. The van der Waals surface area contributed by atoms with E-state index in [1.807, 2.05) is 0 Å². The second-order valence-corrected chi connectivity index (χ2v) is 5.15. The number of carbonyl (C=O) groups is 2. The standard InChI is InChI=1S/C15H18F4N2O4/c1-4-24-12(22)14(15(17,18)19,25-9(2)3)21-13(23)20-11-7-5-10(16)6-8-11/h5-9H,4H2,1-3H3,(H2,20,21,23)/t14-/m1/s1. The first kappa shape index (κ1) is 20.7. The lowest BCUT2D eigenvalue weighted by Crippen LogP contribution is -2.67. The molecule has 0 radical (unpaired) electrons. The summed E-state index contributed by atoms with van der Waals surface area (Å²) in [5.41, 5.74) is -3.66. The van der Waals surface area contributed by atoms with Crippen molar-refractivity contribution in [1.82, 2.24) is 5.32 Å². The average Bonchev–Trinajstić information content (AvgIpc) is 2.47. The summed E-state index contributed by atoms with van der Waals surface area (Å²) in [5.74, 6) is -2.39. The number of hydrogen-bond acceptors (Lipinski definition) is 4. The number of hydrogen-bond donors (Lipinski definition) is 2. The molecule has 0 fully saturated rings. The fourth-order valence-corrected chi connectivity index (χ4v) is 1.82. The highest BCUT2D eigenvalue weighted by molar-refractivity contribution is 5.94. The largest absolute Gasteiger partial charge is 0.462 e. The first-order chi connectivity index (χ1) is 11.5. The summed E-state index contributed by atoms with van der Waals surface area (Å²) in [6.07, 6.45) is -6.35. The Bertz CT molecular complexity index is 605. The Morgan fingerprint density at radius 1 is 1.16 bits per heavy atom. The molecule has 10 heteroatoms. The van der Waals surface area contributed by atoms with Crippen molar-refractivity contribution >= 4 is 17.7 Å². The van der Waals surface area contributed by atoms with Gasteiger partial charge in [0.05, 0.1) is 12.7 Å². The van der Waals surface area contributed by atoms with Crippen molar-refractivity contribution in [3.8, 4) is 0 Å². The van der Waals surface area contributed by atoms with E-state index in [1.54, 1.807) is 0 Å². The molecule has 0 heterocycles. The number of amides is 2. The van der Waals surface area contributed by atoms with Gasteiger partial charge in [0.2, 0.25) is 0 Å². The summed E-state index contributed by atoms with van der Waals surface area (Å²) >= 11 is 0. The van der Waals surface area contributed by atoms with Gasteiger partial charge in [0.1, 0.15) is 5.82 Å². The van der Waals surface area contributed by atoms with Gasteiger partial charge in [-0.05, 0) is 45.0 Å². The van der Waals surface area contributed by atoms with E-state index in [0.717, 1.165) is 24.3 Å². The Labute approximate surface area is 141 Å². The zero-order valence-electron chi connectivity index (χ0n) is 13.7. The van der Waals surface area contributed by atoms with Crippen molar-refractivity contribution in [2.45, 2.75) is 38.8 Å². The predicted molar refractivity (Wildman–Crippen MR) is 80.2 cm³/mol. The van der Waals surface area contributed by atoms with Crippen molar-refractivity contribution in [2.24, 2.45) is 0 Å². The highest BCUT2D eigenvalue weighted by atomic mass is 19.4. The Hall–Kier alpha value is -2.36. The minimum Gasteiger partial charge on any atom is -0.462 e. The van der Waals surface area contributed by atoms with E-state index >= 15 is 0 Å². The first-order valence-electron chi connectivity index (χ1n) is 7.28. The predicted octanol–water partition coefficient (Wildman–Crippen LogP) is 3.19. The molecule has 6 nitrogen and oxygen atoms in total. The second kappa shape index (κ2) is 8.15. The quantitative estimate of drug-likeness (QED) is 0.461. The minimum absolute atomic E-state index is 0.0170. The van der Waals surface area contributed by atoms with Gasteiger partial charge >= 0.3 is 23.9 Å². The van der Waals surface area contributed by atoms with Gasteiger partial charge in [-0.25, -0.2) is 14.0 Å². The molecule has 0 saturated heterocycles. The molecule has 2 amide bonds. The number of alkyl halides is 3. The van der Waals surface area contributed by atoms with Crippen molar-refractivity contribution in [1.29, 1.82) is 0 Å². The van der Waals surface area contributed by atoms with E-state index in [4.69, 9.17) is 4.74 Å². The Balaban J connectivity index is 3.10. The van der Waals surface area contributed by atoms with Crippen LogP contribution in [0, 0.1) is 5.82 Å². The van der Waals surface area contributed by atoms with Crippen LogP contribution in [0.15, 0.2) is 24.3 Å². The summed E-state index contributed by atoms with van der Waals surface area (Å²) in [6.45, 7) is 3.49. The molecule has 0 aliphatic carbocycles. The van der Waals surface area contributed by atoms with Crippen LogP contribution < -0.4 is 10.6 Å². The fourth-order valence-electron chi connectivity index (χ4n) is 1.82. The summed E-state index contributed by atoms with van der Waals surface area (Å²) in [4.78, 5) is 23.9. The number of nitrogens with one attached hydrogen (secondary N) is 2. The van der Waals surface area contributed by atoms with Crippen molar-refractivity contribution < 1.29 is 36.6 Å². The van der Waals surface area contributed by atoms with E-state index in [-0.39, 0.29) is 12.3 Å². The molecule has 0 aromatic heterocycles. The van der Waals surface area contributed by atoms with Gasteiger partial charge in [-0.15, -0.1) is 0 Å². The highest BCUT2D eigenvalue weighted by Gasteiger charge is 2.65. The third-order valence-corrected chi connectivity index (χ3v) is 2.77. The van der Waals surface area contributed by atoms with Gasteiger partial charge < -0.3 is 14.8 Å². The van der Waals surface area contributed by atoms with E-state index in [9.17, 15) is 27.2 Å². The van der Waals surface area contributed by atoms with Gasteiger partial charge in [-0.1, -0.05) is 0 Å². The summed E-state index contributed by atoms with van der Waals surface area (Å²) in [7, 11) is 0. The maximum absolute atomic E-state index is 13.5. The molecule has 1 aromatic rings. The molecule has 0 spiro atoms. The van der Waals surface area contributed by atoms with E-state index in [1.165, 1.54) is 26.1 Å². The molecule has 1 rings (SSSR count). The molecule has 140 valence electrons. The molecule has 0 aliphatic heterocycles. The first-order valence-corrected chi connectivity index (χ1v) is 7.28.